The van der Waals surface area contributed by atoms with Crippen molar-refractivity contribution in [2.24, 2.45) is 0 Å². The van der Waals surface area contributed by atoms with Gasteiger partial charge < -0.3 is 0 Å². The van der Waals surface area contributed by atoms with Gasteiger partial charge in [0.1, 0.15) is 5.69 Å². The molecule has 0 unspecified atom stereocenters. The van der Waals surface area contributed by atoms with E-state index in [0.29, 0.717) is 11.3 Å². The smallest absolute Gasteiger partial charge is 0.290 e. The van der Waals surface area contributed by atoms with Gasteiger partial charge in [0.05, 0.1) is 17.8 Å². The highest BCUT2D eigenvalue weighted by molar-refractivity contribution is 5.88. The van der Waals surface area contributed by atoms with Crippen molar-refractivity contribution in [1.82, 2.24) is 29.4 Å². The number of pyridine rings is 1. The first-order valence-electron chi connectivity index (χ1n) is 10.3. The molecule has 0 radical (unpaired) electrons. The lowest BCUT2D eigenvalue weighted by atomic mass is 9.99. The van der Waals surface area contributed by atoms with Crippen molar-refractivity contribution in [3.8, 4) is 22.4 Å². The average molecular weight is 441 g/mol. The average Bonchev–Trinajstić information content (AvgIpc) is 3.11. The number of aromatic amines is 2. The topological polar surface area (TPSA) is 138 Å². The zero-order chi connectivity index (χ0) is 23.1. The molecule has 0 saturated carbocycles. The van der Waals surface area contributed by atoms with E-state index in [-0.39, 0.29) is 18.1 Å². The minimum Gasteiger partial charge on any atom is -0.290 e. The van der Waals surface area contributed by atoms with E-state index in [0.717, 1.165) is 33.8 Å². The van der Waals surface area contributed by atoms with Crippen LogP contribution in [0.2, 0.25) is 0 Å². The van der Waals surface area contributed by atoms with Crippen LogP contribution in [0.3, 0.4) is 0 Å². The Hall–Kier alpha value is -4.60. The van der Waals surface area contributed by atoms with Crippen LogP contribution in [0, 0.1) is 13.8 Å². The van der Waals surface area contributed by atoms with E-state index in [9.17, 15) is 9.59 Å². The molecule has 1 aromatic carbocycles. The van der Waals surface area contributed by atoms with Crippen LogP contribution in [-0.2, 0) is 6.54 Å². The first-order valence-corrected chi connectivity index (χ1v) is 10.3. The first kappa shape index (κ1) is 20.3. The van der Waals surface area contributed by atoms with Crippen molar-refractivity contribution in [1.29, 1.82) is 0 Å². The molecule has 4 N–H and O–H groups in total. The van der Waals surface area contributed by atoms with Crippen LogP contribution >= 0.6 is 0 Å². The van der Waals surface area contributed by atoms with E-state index >= 15 is 0 Å². The summed E-state index contributed by atoms with van der Waals surface area (Å²) < 4.78 is 2.62. The van der Waals surface area contributed by atoms with Crippen LogP contribution in [-0.4, -0.2) is 29.4 Å². The zero-order valence-electron chi connectivity index (χ0n) is 18.0. The van der Waals surface area contributed by atoms with Crippen LogP contribution in [0.1, 0.15) is 17.1 Å². The maximum atomic E-state index is 13.2. The zero-order valence-corrected chi connectivity index (χ0v) is 18.0. The van der Waals surface area contributed by atoms with Gasteiger partial charge in [-0.15, -0.1) is 9.50 Å². The Bertz CT molecular complexity index is 1580. The molecular weight excluding hydrogens is 420 g/mol. The third-order valence-corrected chi connectivity index (χ3v) is 5.29. The normalized spacial score (nSPS) is 11.2. The SMILES string of the molecule is Cc1cc(-c2c(-c3ccccc3)[nH+]c(N)n3c(=O)n(Cc4ccc(=O)[nH]n4)nc23)cc(C)n1. The number of anilines is 1. The summed E-state index contributed by atoms with van der Waals surface area (Å²) in [5.41, 5.74) is 11.4. The first-order chi connectivity index (χ1) is 15.9. The number of nitrogens with two attached hydrogens (primary N) is 1. The quantitative estimate of drug-likeness (QED) is 0.432. The Labute approximate surface area is 187 Å². The van der Waals surface area contributed by atoms with Gasteiger partial charge in [0, 0.05) is 23.0 Å². The second-order valence-electron chi connectivity index (χ2n) is 7.78. The second-order valence-corrected chi connectivity index (χ2v) is 7.78. The number of aromatic nitrogens is 7. The molecule has 10 heteroatoms. The minimum absolute atomic E-state index is 0.0746. The highest BCUT2D eigenvalue weighted by atomic mass is 16.2. The number of H-pyrrole nitrogens is 2. The number of benzene rings is 1. The Morgan fingerprint density at radius 1 is 1.00 bits per heavy atom. The highest BCUT2D eigenvalue weighted by Gasteiger charge is 2.26. The molecule has 0 aliphatic carbocycles. The molecule has 0 aliphatic heterocycles. The van der Waals surface area contributed by atoms with Gasteiger partial charge in [-0.05, 0) is 37.6 Å². The molecule has 4 heterocycles. The molecule has 5 rings (SSSR count). The van der Waals surface area contributed by atoms with E-state index in [4.69, 9.17) is 5.73 Å². The number of fused-ring (bicyclic) bond motifs is 1. The maximum Gasteiger partial charge on any atom is 0.411 e. The van der Waals surface area contributed by atoms with Crippen molar-refractivity contribution in [3.05, 3.63) is 92.5 Å². The Morgan fingerprint density at radius 2 is 1.73 bits per heavy atom. The molecule has 164 valence electrons. The molecule has 0 bridgehead atoms. The second kappa shape index (κ2) is 7.83. The lowest BCUT2D eigenvalue weighted by Gasteiger charge is -2.10. The summed E-state index contributed by atoms with van der Waals surface area (Å²) in [7, 11) is 0. The molecule has 33 heavy (non-hydrogen) atoms. The van der Waals surface area contributed by atoms with Gasteiger partial charge >= 0.3 is 11.6 Å². The van der Waals surface area contributed by atoms with E-state index in [1.165, 1.54) is 15.1 Å². The lowest BCUT2D eigenvalue weighted by molar-refractivity contribution is -0.351. The predicted octanol–water partition coefficient (Wildman–Crippen LogP) is 1.37. The number of nitrogens with zero attached hydrogens (tertiary/aromatic N) is 5. The van der Waals surface area contributed by atoms with Crippen molar-refractivity contribution in [2.45, 2.75) is 20.4 Å². The van der Waals surface area contributed by atoms with Crippen LogP contribution in [0.5, 0.6) is 0 Å². The van der Waals surface area contributed by atoms with Gasteiger partial charge in [-0.1, -0.05) is 30.3 Å². The molecule has 0 saturated heterocycles. The summed E-state index contributed by atoms with van der Waals surface area (Å²) in [6.45, 7) is 3.91. The Kier molecular flexibility index (Phi) is 4.82. The molecule has 0 spiro atoms. The number of hydrogen-bond acceptors (Lipinski definition) is 6. The number of rotatable bonds is 4. The minimum atomic E-state index is -0.421. The van der Waals surface area contributed by atoms with Crippen molar-refractivity contribution in [2.75, 3.05) is 5.73 Å². The summed E-state index contributed by atoms with van der Waals surface area (Å²) in [6.07, 6.45) is 0. The fourth-order valence-corrected chi connectivity index (χ4v) is 3.94. The third-order valence-electron chi connectivity index (χ3n) is 5.29. The number of nitrogen functional groups attached to an aromatic ring is 1. The van der Waals surface area contributed by atoms with Crippen molar-refractivity contribution >= 4 is 11.6 Å². The fraction of sp³-hybridized carbons (Fsp3) is 0.130. The van der Waals surface area contributed by atoms with Crippen LogP contribution in [0.4, 0.5) is 5.95 Å². The van der Waals surface area contributed by atoms with Crippen LogP contribution in [0.15, 0.2) is 64.2 Å². The molecule has 10 nitrogen and oxygen atoms in total. The Balaban J connectivity index is 1.82. The number of aryl methyl sites for hydroxylation is 2. The van der Waals surface area contributed by atoms with Gasteiger partial charge in [0.25, 0.3) is 5.56 Å². The molecule has 4 aromatic heterocycles. The van der Waals surface area contributed by atoms with E-state index in [1.54, 1.807) is 6.07 Å². The molecule has 0 fully saturated rings. The third kappa shape index (κ3) is 3.67. The predicted molar refractivity (Wildman–Crippen MR) is 123 cm³/mol. The van der Waals surface area contributed by atoms with E-state index in [2.05, 4.69) is 25.3 Å². The van der Waals surface area contributed by atoms with E-state index < -0.39 is 5.69 Å². The largest absolute Gasteiger partial charge is 0.411 e. The molecule has 0 amide bonds. The summed E-state index contributed by atoms with van der Waals surface area (Å²) >= 11 is 0. The molecule has 0 atom stereocenters. The monoisotopic (exact) mass is 441 g/mol. The summed E-state index contributed by atoms with van der Waals surface area (Å²) in [5.74, 6) is 0.154. The Morgan fingerprint density at radius 3 is 2.39 bits per heavy atom. The standard InChI is InChI=1S/C23H20N8O2/c1-13-10-16(11-14(2)25-13)19-20(15-6-4-3-5-7-15)26-22(24)31-21(19)29-30(23(31)33)12-17-8-9-18(32)28-27-17/h3-11H,12H2,1-2H3,(H2,24,26)(H,28,32)/p+1. The highest BCUT2D eigenvalue weighted by Crippen LogP contribution is 2.32. The molecule has 0 aliphatic rings. The number of hydrogen-bond donors (Lipinski definition) is 2. The van der Waals surface area contributed by atoms with Gasteiger partial charge in [-0.25, -0.2) is 14.9 Å². The van der Waals surface area contributed by atoms with Gasteiger partial charge in [0.15, 0.2) is 0 Å². The fourth-order valence-electron chi connectivity index (χ4n) is 3.94. The van der Waals surface area contributed by atoms with Crippen LogP contribution < -0.4 is 22.0 Å². The van der Waals surface area contributed by atoms with Gasteiger partial charge in [-0.2, -0.15) is 9.78 Å². The van der Waals surface area contributed by atoms with Gasteiger partial charge in [-0.3, -0.25) is 15.5 Å². The summed E-state index contributed by atoms with van der Waals surface area (Å²) in [4.78, 5) is 32.2. The number of nitrogens with one attached hydrogen (secondary N) is 2. The molecule has 5 aromatic rings. The summed E-state index contributed by atoms with van der Waals surface area (Å²) in [6, 6.07) is 16.5. The lowest BCUT2D eigenvalue weighted by Crippen LogP contribution is -2.28. The van der Waals surface area contributed by atoms with Gasteiger partial charge in [0.2, 0.25) is 5.65 Å². The molecular formula is C23H21N8O2+. The maximum absolute atomic E-state index is 13.2. The van der Waals surface area contributed by atoms with Crippen molar-refractivity contribution < 1.29 is 4.98 Å². The summed E-state index contributed by atoms with van der Waals surface area (Å²) in [5, 5.41) is 11.0. The van der Waals surface area contributed by atoms with E-state index in [1.807, 2.05) is 56.3 Å². The van der Waals surface area contributed by atoms with Crippen LogP contribution in [0.25, 0.3) is 28.0 Å². The van der Waals surface area contributed by atoms with Crippen molar-refractivity contribution in [3.63, 3.8) is 0 Å².